The zero-order valence-corrected chi connectivity index (χ0v) is 12.5. The van der Waals surface area contributed by atoms with Gasteiger partial charge in [-0.3, -0.25) is 4.90 Å². The minimum absolute atomic E-state index is 0.0108. The Morgan fingerprint density at radius 1 is 1.37 bits per heavy atom. The summed E-state index contributed by atoms with van der Waals surface area (Å²) in [5, 5.41) is 0.209. The average Bonchev–Trinajstić information content (AvgIpc) is 2.97. The van der Waals surface area contributed by atoms with E-state index in [1.165, 1.54) is 11.0 Å². The molecule has 0 spiro atoms. The fraction of sp³-hybridized carbons (Fsp3) is 0.583. The van der Waals surface area contributed by atoms with Crippen LogP contribution < -0.4 is 4.90 Å². The number of amides is 1. The molecule has 0 bridgehead atoms. The number of rotatable bonds is 2. The van der Waals surface area contributed by atoms with Crippen LogP contribution in [0.25, 0.3) is 0 Å². The van der Waals surface area contributed by atoms with E-state index in [1.54, 1.807) is 0 Å². The topological polar surface area (TPSA) is 55.3 Å². The third kappa shape index (κ3) is 3.94. The van der Waals surface area contributed by atoms with Crippen LogP contribution in [0.5, 0.6) is 0 Å². The normalized spacial score (nSPS) is 15.2. The highest BCUT2D eigenvalue weighted by Gasteiger charge is 2.37. The van der Waals surface area contributed by atoms with Crippen LogP contribution in [0.4, 0.5) is 10.6 Å². The van der Waals surface area contributed by atoms with Crippen LogP contribution in [-0.2, 0) is 4.74 Å². The number of aromatic nitrogens is 2. The molecule has 0 radical (unpaired) electrons. The van der Waals surface area contributed by atoms with Crippen LogP contribution in [0, 0.1) is 0 Å². The second-order valence-electron chi connectivity index (χ2n) is 5.40. The van der Waals surface area contributed by atoms with Crippen molar-refractivity contribution >= 4 is 35.1 Å². The van der Waals surface area contributed by atoms with Gasteiger partial charge in [0.25, 0.3) is 0 Å². The van der Waals surface area contributed by atoms with Crippen molar-refractivity contribution < 1.29 is 9.53 Å². The lowest BCUT2D eigenvalue weighted by Crippen LogP contribution is -2.38. The second-order valence-corrected chi connectivity index (χ2v) is 6.12. The number of hydrogen-bond acceptors (Lipinski definition) is 4. The molecule has 0 atom stereocenters. The van der Waals surface area contributed by atoms with Gasteiger partial charge in [-0.2, -0.15) is 4.98 Å². The van der Waals surface area contributed by atoms with Crippen LogP contribution in [0.1, 0.15) is 33.6 Å². The summed E-state index contributed by atoms with van der Waals surface area (Å²) >= 11 is 11.6. The molecule has 1 aliphatic rings. The maximum absolute atomic E-state index is 12.2. The molecule has 0 N–H and O–H groups in total. The molecule has 1 heterocycles. The first-order valence-corrected chi connectivity index (χ1v) is 6.74. The van der Waals surface area contributed by atoms with Crippen LogP contribution in [0.3, 0.4) is 0 Å². The molecular formula is C12H15Cl2N3O2. The molecular weight excluding hydrogens is 289 g/mol. The Morgan fingerprint density at radius 3 is 2.47 bits per heavy atom. The smallest absolute Gasteiger partial charge is 0.416 e. The monoisotopic (exact) mass is 303 g/mol. The zero-order chi connectivity index (χ0) is 14.2. The SMILES string of the molecule is CC(C)(C)OC(=O)N(c1cc(Cl)nc(Cl)n1)C1CC1. The first-order chi connectivity index (χ1) is 8.76. The summed E-state index contributed by atoms with van der Waals surface area (Å²) in [5.74, 6) is 0.377. The number of carbonyl (C=O) groups excluding carboxylic acids is 1. The van der Waals surface area contributed by atoms with Crippen molar-refractivity contribution in [2.75, 3.05) is 4.90 Å². The minimum atomic E-state index is -0.565. The van der Waals surface area contributed by atoms with Crippen molar-refractivity contribution in [2.45, 2.75) is 45.3 Å². The molecule has 1 aromatic heterocycles. The number of ether oxygens (including phenoxy) is 1. The van der Waals surface area contributed by atoms with Gasteiger partial charge in [-0.1, -0.05) is 11.6 Å². The van der Waals surface area contributed by atoms with Gasteiger partial charge in [-0.05, 0) is 45.2 Å². The molecule has 1 amide bonds. The summed E-state index contributed by atoms with van der Waals surface area (Å²) in [6, 6.07) is 1.60. The van der Waals surface area contributed by atoms with Gasteiger partial charge < -0.3 is 4.74 Å². The standard InChI is InChI=1S/C12H15Cl2N3O2/c1-12(2,3)19-11(18)17(7-4-5-7)9-6-8(13)15-10(14)16-9/h6-7H,4-5H2,1-3H3. The second kappa shape index (κ2) is 5.13. The van der Waals surface area contributed by atoms with Crippen LogP contribution in [-0.4, -0.2) is 27.7 Å². The molecule has 1 aromatic rings. The fourth-order valence-corrected chi connectivity index (χ4v) is 1.97. The molecule has 0 aromatic carbocycles. The number of hydrogen-bond donors (Lipinski definition) is 0. The average molecular weight is 304 g/mol. The Bertz CT molecular complexity index is 478. The van der Waals surface area contributed by atoms with Gasteiger partial charge >= 0.3 is 6.09 Å². The Morgan fingerprint density at radius 2 is 2.00 bits per heavy atom. The van der Waals surface area contributed by atoms with Crippen molar-refractivity contribution in [1.29, 1.82) is 0 Å². The Labute approximate surface area is 121 Å². The van der Waals surface area contributed by atoms with E-state index in [2.05, 4.69) is 9.97 Å². The van der Waals surface area contributed by atoms with E-state index in [4.69, 9.17) is 27.9 Å². The molecule has 0 aliphatic heterocycles. The number of halogens is 2. The minimum Gasteiger partial charge on any atom is -0.443 e. The summed E-state index contributed by atoms with van der Waals surface area (Å²) in [7, 11) is 0. The van der Waals surface area contributed by atoms with E-state index in [0.29, 0.717) is 5.82 Å². The predicted molar refractivity (Wildman–Crippen MR) is 73.8 cm³/mol. The van der Waals surface area contributed by atoms with Crippen molar-refractivity contribution in [2.24, 2.45) is 0 Å². The number of carbonyl (C=O) groups is 1. The van der Waals surface area contributed by atoms with Crippen LogP contribution in [0.2, 0.25) is 10.4 Å². The van der Waals surface area contributed by atoms with Gasteiger partial charge in [0.2, 0.25) is 5.28 Å². The maximum atomic E-state index is 12.2. The summed E-state index contributed by atoms with van der Waals surface area (Å²) in [6.45, 7) is 5.45. The molecule has 104 valence electrons. The molecule has 0 unspecified atom stereocenters. The first kappa shape index (κ1) is 14.3. The fourth-order valence-electron chi connectivity index (χ4n) is 1.58. The maximum Gasteiger partial charge on any atom is 0.416 e. The lowest BCUT2D eigenvalue weighted by atomic mass is 10.2. The Hall–Kier alpha value is -1.07. The largest absolute Gasteiger partial charge is 0.443 e. The number of anilines is 1. The lowest BCUT2D eigenvalue weighted by molar-refractivity contribution is 0.0576. The van der Waals surface area contributed by atoms with Crippen LogP contribution >= 0.6 is 23.2 Å². The highest BCUT2D eigenvalue weighted by molar-refractivity contribution is 6.32. The van der Waals surface area contributed by atoms with E-state index in [0.717, 1.165) is 12.8 Å². The lowest BCUT2D eigenvalue weighted by Gasteiger charge is -2.26. The van der Waals surface area contributed by atoms with Crippen molar-refractivity contribution in [3.63, 3.8) is 0 Å². The van der Waals surface area contributed by atoms with Crippen molar-refractivity contribution in [3.05, 3.63) is 16.5 Å². The highest BCUT2D eigenvalue weighted by Crippen LogP contribution is 2.33. The van der Waals surface area contributed by atoms with Crippen LogP contribution in [0.15, 0.2) is 6.07 Å². The van der Waals surface area contributed by atoms with E-state index < -0.39 is 11.7 Å². The zero-order valence-electron chi connectivity index (χ0n) is 11.0. The molecule has 1 saturated carbocycles. The molecule has 0 saturated heterocycles. The first-order valence-electron chi connectivity index (χ1n) is 5.98. The van der Waals surface area contributed by atoms with E-state index in [9.17, 15) is 4.79 Å². The summed E-state index contributed by atoms with van der Waals surface area (Å²) < 4.78 is 5.38. The third-order valence-corrected chi connectivity index (χ3v) is 2.77. The number of nitrogens with zero attached hydrogens (tertiary/aromatic N) is 3. The van der Waals surface area contributed by atoms with E-state index >= 15 is 0 Å². The molecule has 5 nitrogen and oxygen atoms in total. The van der Waals surface area contributed by atoms with Crippen molar-refractivity contribution in [3.8, 4) is 0 Å². The van der Waals surface area contributed by atoms with Gasteiger partial charge in [-0.25, -0.2) is 9.78 Å². The molecule has 1 fully saturated rings. The summed E-state index contributed by atoms with van der Waals surface area (Å²) in [5.41, 5.74) is -0.565. The molecule has 1 aliphatic carbocycles. The third-order valence-electron chi connectivity index (χ3n) is 2.40. The van der Waals surface area contributed by atoms with Gasteiger partial charge in [0.1, 0.15) is 16.6 Å². The summed E-state index contributed by atoms with van der Waals surface area (Å²) in [6.07, 6.45) is 1.39. The molecule has 19 heavy (non-hydrogen) atoms. The van der Waals surface area contributed by atoms with Gasteiger partial charge in [0.15, 0.2) is 0 Å². The Kier molecular flexibility index (Phi) is 3.87. The molecule has 2 rings (SSSR count). The quantitative estimate of drug-likeness (QED) is 0.617. The summed E-state index contributed by atoms with van der Waals surface area (Å²) in [4.78, 5) is 21.5. The highest BCUT2D eigenvalue weighted by atomic mass is 35.5. The van der Waals surface area contributed by atoms with Gasteiger partial charge in [0, 0.05) is 12.1 Å². The predicted octanol–water partition coefficient (Wildman–Crippen LogP) is 3.69. The van der Waals surface area contributed by atoms with Gasteiger partial charge in [-0.15, -0.1) is 0 Å². The Balaban J connectivity index is 2.27. The molecule has 7 heteroatoms. The van der Waals surface area contributed by atoms with E-state index in [1.807, 2.05) is 20.8 Å². The van der Waals surface area contributed by atoms with Gasteiger partial charge in [0.05, 0.1) is 0 Å². The van der Waals surface area contributed by atoms with Crippen molar-refractivity contribution in [1.82, 2.24) is 9.97 Å². The van der Waals surface area contributed by atoms with E-state index in [-0.39, 0.29) is 16.5 Å².